The van der Waals surface area contributed by atoms with Gasteiger partial charge in [0, 0.05) is 5.69 Å². The van der Waals surface area contributed by atoms with Gasteiger partial charge in [0.05, 0.1) is 6.04 Å². The van der Waals surface area contributed by atoms with Crippen molar-refractivity contribution in [2.45, 2.75) is 25.8 Å². The number of nitrogens with zero attached hydrogens (tertiary/aromatic N) is 2. The number of amides is 1. The minimum absolute atomic E-state index is 0.118. The second-order valence-corrected chi connectivity index (χ2v) is 5.03. The SMILES string of the molecule is Cc1ccc(NC(=O)c2n[nH]nc2C2CCCN2)cc1. The number of carbonyl (C=O) groups excluding carboxylic acids is 1. The molecule has 104 valence electrons. The Morgan fingerprint density at radius 2 is 2.10 bits per heavy atom. The van der Waals surface area contributed by atoms with E-state index < -0.39 is 0 Å². The molecule has 2 aromatic rings. The lowest BCUT2D eigenvalue weighted by Crippen LogP contribution is -2.20. The molecule has 20 heavy (non-hydrogen) atoms. The van der Waals surface area contributed by atoms with Crippen LogP contribution in [0.15, 0.2) is 24.3 Å². The molecule has 0 spiro atoms. The van der Waals surface area contributed by atoms with E-state index in [-0.39, 0.29) is 11.9 Å². The third kappa shape index (κ3) is 2.55. The lowest BCUT2D eigenvalue weighted by Gasteiger charge is -2.09. The van der Waals surface area contributed by atoms with Gasteiger partial charge in [-0.3, -0.25) is 4.79 Å². The molecule has 1 amide bonds. The smallest absolute Gasteiger partial charge is 0.278 e. The lowest BCUT2D eigenvalue weighted by molar-refractivity contribution is 0.102. The first-order chi connectivity index (χ1) is 9.74. The van der Waals surface area contributed by atoms with Crippen LogP contribution in [0.5, 0.6) is 0 Å². The van der Waals surface area contributed by atoms with Crippen molar-refractivity contribution in [3.8, 4) is 0 Å². The van der Waals surface area contributed by atoms with Crippen LogP contribution in [0.4, 0.5) is 5.69 Å². The van der Waals surface area contributed by atoms with Crippen LogP contribution in [0, 0.1) is 6.92 Å². The number of carbonyl (C=O) groups is 1. The maximum atomic E-state index is 12.3. The summed E-state index contributed by atoms with van der Waals surface area (Å²) in [5, 5.41) is 16.8. The second kappa shape index (κ2) is 5.42. The monoisotopic (exact) mass is 271 g/mol. The molecule has 6 heteroatoms. The highest BCUT2D eigenvalue weighted by atomic mass is 16.2. The van der Waals surface area contributed by atoms with Gasteiger partial charge < -0.3 is 10.6 Å². The van der Waals surface area contributed by atoms with Gasteiger partial charge in [-0.25, -0.2) is 0 Å². The van der Waals surface area contributed by atoms with Crippen LogP contribution < -0.4 is 10.6 Å². The Morgan fingerprint density at radius 1 is 1.30 bits per heavy atom. The molecule has 3 rings (SSSR count). The molecule has 1 unspecified atom stereocenters. The van der Waals surface area contributed by atoms with Gasteiger partial charge >= 0.3 is 0 Å². The van der Waals surface area contributed by atoms with Gasteiger partial charge in [0.25, 0.3) is 5.91 Å². The molecule has 2 heterocycles. The topological polar surface area (TPSA) is 82.7 Å². The van der Waals surface area contributed by atoms with E-state index >= 15 is 0 Å². The highest BCUT2D eigenvalue weighted by Crippen LogP contribution is 2.23. The van der Waals surface area contributed by atoms with Crippen LogP contribution in [0.3, 0.4) is 0 Å². The van der Waals surface area contributed by atoms with Crippen molar-refractivity contribution in [2.75, 3.05) is 11.9 Å². The van der Waals surface area contributed by atoms with E-state index in [1.165, 1.54) is 0 Å². The first-order valence-corrected chi connectivity index (χ1v) is 6.76. The molecule has 0 bridgehead atoms. The minimum atomic E-state index is -0.230. The van der Waals surface area contributed by atoms with Crippen molar-refractivity contribution in [2.24, 2.45) is 0 Å². The highest BCUT2D eigenvalue weighted by Gasteiger charge is 2.26. The van der Waals surface area contributed by atoms with Crippen LogP contribution >= 0.6 is 0 Å². The van der Waals surface area contributed by atoms with Gasteiger partial charge in [0.1, 0.15) is 5.69 Å². The second-order valence-electron chi connectivity index (χ2n) is 5.03. The average molecular weight is 271 g/mol. The summed E-state index contributed by atoms with van der Waals surface area (Å²) < 4.78 is 0. The van der Waals surface area contributed by atoms with Crippen LogP contribution in [0.1, 0.15) is 40.6 Å². The summed E-state index contributed by atoms with van der Waals surface area (Å²) >= 11 is 0. The number of H-pyrrole nitrogens is 1. The third-order valence-corrected chi connectivity index (χ3v) is 3.49. The van der Waals surface area contributed by atoms with E-state index in [2.05, 4.69) is 26.0 Å². The standard InChI is InChI=1S/C14H17N5O/c1-9-4-6-10(7-5-9)16-14(20)13-12(17-19-18-13)11-3-2-8-15-11/h4-7,11,15H,2-3,8H2,1H3,(H,16,20)(H,17,18,19). The quantitative estimate of drug-likeness (QED) is 0.794. The molecule has 0 aliphatic carbocycles. The van der Waals surface area contributed by atoms with Crippen molar-refractivity contribution in [3.05, 3.63) is 41.2 Å². The Bertz CT molecular complexity index is 598. The van der Waals surface area contributed by atoms with Crippen molar-refractivity contribution in [3.63, 3.8) is 0 Å². The molecule has 1 saturated heterocycles. The van der Waals surface area contributed by atoms with E-state index in [1.54, 1.807) is 0 Å². The molecule has 1 aliphatic rings. The third-order valence-electron chi connectivity index (χ3n) is 3.49. The predicted octanol–water partition coefficient (Wildman–Crippen LogP) is 1.79. The zero-order valence-electron chi connectivity index (χ0n) is 11.3. The molecule has 1 aromatic carbocycles. The molecule has 1 aliphatic heterocycles. The van der Waals surface area contributed by atoms with Crippen molar-refractivity contribution in [1.82, 2.24) is 20.7 Å². The van der Waals surface area contributed by atoms with Crippen molar-refractivity contribution in [1.29, 1.82) is 0 Å². The molecule has 3 N–H and O–H groups in total. The number of aromatic nitrogens is 3. The molecule has 1 fully saturated rings. The molecule has 6 nitrogen and oxygen atoms in total. The highest BCUT2D eigenvalue weighted by molar-refractivity contribution is 6.03. The predicted molar refractivity (Wildman–Crippen MR) is 75.5 cm³/mol. The van der Waals surface area contributed by atoms with Crippen molar-refractivity contribution >= 4 is 11.6 Å². The molecule has 0 radical (unpaired) electrons. The number of rotatable bonds is 3. The summed E-state index contributed by atoms with van der Waals surface area (Å²) in [6.45, 7) is 2.96. The number of aryl methyl sites for hydroxylation is 1. The van der Waals surface area contributed by atoms with Gasteiger partial charge in [-0.2, -0.15) is 15.4 Å². The van der Waals surface area contributed by atoms with Gasteiger partial charge in [0.15, 0.2) is 5.69 Å². The van der Waals surface area contributed by atoms with E-state index in [0.29, 0.717) is 11.4 Å². The van der Waals surface area contributed by atoms with E-state index in [9.17, 15) is 4.79 Å². The summed E-state index contributed by atoms with van der Waals surface area (Å²) in [5.74, 6) is -0.230. The first-order valence-electron chi connectivity index (χ1n) is 6.76. The summed E-state index contributed by atoms with van der Waals surface area (Å²) in [5.41, 5.74) is 2.98. The van der Waals surface area contributed by atoms with Crippen molar-refractivity contribution < 1.29 is 4.79 Å². The summed E-state index contributed by atoms with van der Waals surface area (Å²) in [7, 11) is 0. The summed E-state index contributed by atoms with van der Waals surface area (Å²) in [6.07, 6.45) is 2.08. The zero-order valence-corrected chi connectivity index (χ0v) is 11.3. The maximum absolute atomic E-state index is 12.3. The number of hydrogen-bond acceptors (Lipinski definition) is 4. The molecular formula is C14H17N5O. The van der Waals surface area contributed by atoms with Gasteiger partial charge in [-0.15, -0.1) is 0 Å². The van der Waals surface area contributed by atoms with Gasteiger partial charge in [0.2, 0.25) is 0 Å². The van der Waals surface area contributed by atoms with E-state index in [4.69, 9.17) is 0 Å². The number of benzene rings is 1. The number of anilines is 1. The van der Waals surface area contributed by atoms with Crippen LogP contribution in [-0.4, -0.2) is 27.9 Å². The van der Waals surface area contributed by atoms with Gasteiger partial charge in [-0.05, 0) is 38.4 Å². The number of hydrogen-bond donors (Lipinski definition) is 3. The van der Waals surface area contributed by atoms with Crippen LogP contribution in [0.25, 0.3) is 0 Å². The number of nitrogens with one attached hydrogen (secondary N) is 3. The Labute approximate surface area is 117 Å². The van der Waals surface area contributed by atoms with Crippen LogP contribution in [0.2, 0.25) is 0 Å². The van der Waals surface area contributed by atoms with Crippen LogP contribution in [-0.2, 0) is 0 Å². The average Bonchev–Trinajstić information content (AvgIpc) is 3.11. The van der Waals surface area contributed by atoms with E-state index in [1.807, 2.05) is 31.2 Å². The fraction of sp³-hybridized carbons (Fsp3) is 0.357. The zero-order chi connectivity index (χ0) is 13.9. The largest absolute Gasteiger partial charge is 0.321 e. The van der Waals surface area contributed by atoms with Gasteiger partial charge in [-0.1, -0.05) is 17.7 Å². The fourth-order valence-electron chi connectivity index (χ4n) is 2.39. The minimum Gasteiger partial charge on any atom is -0.321 e. The summed E-state index contributed by atoms with van der Waals surface area (Å²) in [6, 6.07) is 7.78. The summed E-state index contributed by atoms with van der Waals surface area (Å²) in [4.78, 5) is 12.3. The Kier molecular flexibility index (Phi) is 3.47. The normalized spacial score (nSPS) is 18.1. The molecule has 0 saturated carbocycles. The first kappa shape index (κ1) is 12.8. The fourth-order valence-corrected chi connectivity index (χ4v) is 2.39. The molecule has 1 atom stereocenters. The maximum Gasteiger partial charge on any atom is 0.278 e. The molecular weight excluding hydrogens is 254 g/mol. The Balaban J connectivity index is 1.77. The Hall–Kier alpha value is -2.21. The number of aromatic amines is 1. The lowest BCUT2D eigenvalue weighted by atomic mass is 10.1. The molecule has 1 aromatic heterocycles. The Morgan fingerprint density at radius 3 is 2.80 bits per heavy atom. The van der Waals surface area contributed by atoms with E-state index in [0.717, 1.165) is 30.6 Å².